The van der Waals surface area contributed by atoms with Gasteiger partial charge in [0.1, 0.15) is 5.75 Å². The Bertz CT molecular complexity index is 1020. The number of anilines is 1. The number of ether oxygens (including phenoxy) is 1. The van der Waals surface area contributed by atoms with Gasteiger partial charge in [0, 0.05) is 0 Å². The van der Waals surface area contributed by atoms with E-state index in [1.807, 2.05) is 68.4 Å². The lowest BCUT2D eigenvalue weighted by Crippen LogP contribution is -2.32. The van der Waals surface area contributed by atoms with E-state index < -0.39 is 6.10 Å². The largest absolute Gasteiger partial charge is 0.481 e. The average Bonchev–Trinajstić information content (AvgIpc) is 2.76. The van der Waals surface area contributed by atoms with Gasteiger partial charge in [-0.05, 0) is 50.1 Å². The van der Waals surface area contributed by atoms with E-state index in [0.717, 1.165) is 11.1 Å². The lowest BCUT2D eigenvalue weighted by atomic mass is 10.1. The van der Waals surface area contributed by atoms with Crippen LogP contribution in [0, 0.1) is 6.92 Å². The summed E-state index contributed by atoms with van der Waals surface area (Å²) in [5.74, 6) is 0.0761. The molecule has 0 radical (unpaired) electrons. The SMILES string of the molecule is Cc1ccccc1O[C@H](C)C(=O)Nc1ccccc1C(=O)N[C@H](C)c1ccccc1. The second kappa shape index (κ2) is 9.74. The standard InChI is InChI=1S/C25H26N2O3/c1-17-11-7-10-16-23(17)30-19(3)24(28)27-22-15-9-8-14-21(22)25(29)26-18(2)20-12-5-4-6-13-20/h4-16,18-19H,1-3H3,(H,26,29)(H,27,28)/t18-,19-/m1/s1. The number of carbonyl (C=O) groups excluding carboxylic acids is 2. The molecule has 3 rings (SSSR count). The average molecular weight is 402 g/mol. The predicted molar refractivity (Wildman–Crippen MR) is 119 cm³/mol. The second-order valence-corrected chi connectivity index (χ2v) is 7.17. The van der Waals surface area contributed by atoms with Gasteiger partial charge < -0.3 is 15.4 Å². The molecule has 0 saturated carbocycles. The summed E-state index contributed by atoms with van der Waals surface area (Å²) in [4.78, 5) is 25.5. The summed E-state index contributed by atoms with van der Waals surface area (Å²) in [6.45, 7) is 5.53. The van der Waals surface area contributed by atoms with Crippen LogP contribution in [0.2, 0.25) is 0 Å². The number of benzene rings is 3. The number of rotatable bonds is 7. The number of nitrogens with one attached hydrogen (secondary N) is 2. The molecule has 0 spiro atoms. The molecule has 0 aliphatic rings. The number of hydrogen-bond acceptors (Lipinski definition) is 3. The minimum atomic E-state index is -0.717. The topological polar surface area (TPSA) is 67.4 Å². The molecule has 0 unspecified atom stereocenters. The second-order valence-electron chi connectivity index (χ2n) is 7.17. The van der Waals surface area contributed by atoms with Crippen LogP contribution in [0.5, 0.6) is 5.75 Å². The van der Waals surface area contributed by atoms with E-state index in [4.69, 9.17) is 4.74 Å². The molecule has 5 nitrogen and oxygen atoms in total. The van der Waals surface area contributed by atoms with Gasteiger partial charge in [-0.3, -0.25) is 9.59 Å². The summed E-state index contributed by atoms with van der Waals surface area (Å²) in [6, 6.07) is 24.0. The molecular formula is C25H26N2O3. The van der Waals surface area contributed by atoms with Gasteiger partial charge in [-0.15, -0.1) is 0 Å². The predicted octanol–water partition coefficient (Wildman–Crippen LogP) is 4.89. The van der Waals surface area contributed by atoms with E-state index in [9.17, 15) is 9.59 Å². The third kappa shape index (κ3) is 5.26. The zero-order chi connectivity index (χ0) is 21.5. The molecule has 0 heterocycles. The summed E-state index contributed by atoms with van der Waals surface area (Å²) in [6.07, 6.45) is -0.717. The van der Waals surface area contributed by atoms with Gasteiger partial charge in [-0.1, -0.05) is 60.7 Å². The number of amides is 2. The third-order valence-electron chi connectivity index (χ3n) is 4.84. The Hall–Kier alpha value is -3.60. The normalized spacial score (nSPS) is 12.5. The van der Waals surface area contributed by atoms with E-state index in [2.05, 4.69) is 10.6 Å². The molecule has 2 amide bonds. The Morgan fingerprint density at radius 1 is 0.833 bits per heavy atom. The molecule has 5 heteroatoms. The molecule has 2 atom stereocenters. The van der Waals surface area contributed by atoms with Gasteiger partial charge in [-0.25, -0.2) is 0 Å². The van der Waals surface area contributed by atoms with Crippen LogP contribution in [0.4, 0.5) is 5.69 Å². The molecule has 0 saturated heterocycles. The van der Waals surface area contributed by atoms with Crippen molar-refractivity contribution in [1.82, 2.24) is 5.32 Å². The maximum atomic E-state index is 12.8. The Morgan fingerprint density at radius 2 is 1.47 bits per heavy atom. The summed E-state index contributed by atoms with van der Waals surface area (Å²) in [7, 11) is 0. The smallest absolute Gasteiger partial charge is 0.265 e. The zero-order valence-electron chi connectivity index (χ0n) is 17.4. The Kier molecular flexibility index (Phi) is 6.86. The van der Waals surface area contributed by atoms with Gasteiger partial charge in [0.25, 0.3) is 11.8 Å². The van der Waals surface area contributed by atoms with Crippen molar-refractivity contribution in [3.8, 4) is 5.75 Å². The molecule has 0 fully saturated rings. The van der Waals surface area contributed by atoms with Crippen molar-refractivity contribution >= 4 is 17.5 Å². The van der Waals surface area contributed by atoms with Crippen LogP contribution in [0.1, 0.15) is 41.4 Å². The Balaban J connectivity index is 1.69. The molecule has 0 aliphatic carbocycles. The summed E-state index contributed by atoms with van der Waals surface area (Å²) in [5, 5.41) is 5.80. The molecule has 3 aromatic rings. The fourth-order valence-corrected chi connectivity index (χ4v) is 3.06. The minimum absolute atomic E-state index is 0.161. The molecule has 0 aromatic heterocycles. The van der Waals surface area contributed by atoms with Gasteiger partial charge in [0.05, 0.1) is 17.3 Å². The first-order valence-corrected chi connectivity index (χ1v) is 9.93. The fraction of sp³-hybridized carbons (Fsp3) is 0.200. The molecule has 0 bridgehead atoms. The molecule has 2 N–H and O–H groups in total. The van der Waals surface area contributed by atoms with Gasteiger partial charge >= 0.3 is 0 Å². The zero-order valence-corrected chi connectivity index (χ0v) is 17.4. The number of hydrogen-bond donors (Lipinski definition) is 2. The van der Waals surface area contributed by atoms with E-state index in [1.54, 1.807) is 31.2 Å². The van der Waals surface area contributed by atoms with E-state index in [-0.39, 0.29) is 17.9 Å². The molecule has 3 aromatic carbocycles. The van der Waals surface area contributed by atoms with Crippen LogP contribution in [-0.2, 0) is 4.79 Å². The van der Waals surface area contributed by atoms with Crippen molar-refractivity contribution in [3.63, 3.8) is 0 Å². The van der Waals surface area contributed by atoms with Crippen LogP contribution in [0.25, 0.3) is 0 Å². The Labute approximate surface area is 177 Å². The fourth-order valence-electron chi connectivity index (χ4n) is 3.06. The first-order chi connectivity index (χ1) is 14.5. The van der Waals surface area contributed by atoms with E-state index in [1.165, 1.54) is 0 Å². The minimum Gasteiger partial charge on any atom is -0.481 e. The quantitative estimate of drug-likeness (QED) is 0.591. The highest BCUT2D eigenvalue weighted by atomic mass is 16.5. The van der Waals surface area contributed by atoms with E-state index >= 15 is 0 Å². The molecular weight excluding hydrogens is 376 g/mol. The lowest BCUT2D eigenvalue weighted by molar-refractivity contribution is -0.122. The summed E-state index contributed by atoms with van der Waals surface area (Å²) < 4.78 is 5.79. The van der Waals surface area contributed by atoms with Gasteiger partial charge in [-0.2, -0.15) is 0 Å². The van der Waals surface area contributed by atoms with Crippen molar-refractivity contribution < 1.29 is 14.3 Å². The first-order valence-electron chi connectivity index (χ1n) is 9.93. The van der Waals surface area contributed by atoms with Gasteiger partial charge in [0.15, 0.2) is 6.10 Å². The van der Waals surface area contributed by atoms with Crippen molar-refractivity contribution in [3.05, 3.63) is 95.6 Å². The lowest BCUT2D eigenvalue weighted by Gasteiger charge is -2.19. The van der Waals surface area contributed by atoms with Gasteiger partial charge in [0.2, 0.25) is 0 Å². The maximum Gasteiger partial charge on any atom is 0.265 e. The molecule has 30 heavy (non-hydrogen) atoms. The van der Waals surface area contributed by atoms with Crippen LogP contribution in [0.15, 0.2) is 78.9 Å². The van der Waals surface area contributed by atoms with Crippen molar-refractivity contribution in [2.75, 3.05) is 5.32 Å². The first kappa shape index (κ1) is 21.1. The number of aryl methyl sites for hydroxylation is 1. The third-order valence-corrected chi connectivity index (χ3v) is 4.84. The van der Waals surface area contributed by atoms with E-state index in [0.29, 0.717) is 17.0 Å². The van der Waals surface area contributed by atoms with Crippen molar-refractivity contribution in [2.24, 2.45) is 0 Å². The summed E-state index contributed by atoms with van der Waals surface area (Å²) in [5.41, 5.74) is 2.80. The highest BCUT2D eigenvalue weighted by Crippen LogP contribution is 2.20. The van der Waals surface area contributed by atoms with Crippen molar-refractivity contribution in [2.45, 2.75) is 32.9 Å². The Morgan fingerprint density at radius 3 is 2.20 bits per heavy atom. The van der Waals surface area contributed by atoms with Crippen LogP contribution >= 0.6 is 0 Å². The molecule has 0 aliphatic heterocycles. The summed E-state index contributed by atoms with van der Waals surface area (Å²) >= 11 is 0. The van der Waals surface area contributed by atoms with Crippen LogP contribution < -0.4 is 15.4 Å². The molecule has 154 valence electrons. The maximum absolute atomic E-state index is 12.8. The monoisotopic (exact) mass is 402 g/mol. The highest BCUT2D eigenvalue weighted by molar-refractivity contribution is 6.04. The van der Waals surface area contributed by atoms with Crippen LogP contribution in [0.3, 0.4) is 0 Å². The van der Waals surface area contributed by atoms with Crippen molar-refractivity contribution in [1.29, 1.82) is 0 Å². The number of para-hydroxylation sites is 2. The number of carbonyl (C=O) groups is 2. The van der Waals surface area contributed by atoms with Crippen LogP contribution in [-0.4, -0.2) is 17.9 Å². The highest BCUT2D eigenvalue weighted by Gasteiger charge is 2.20.